The van der Waals surface area contributed by atoms with E-state index in [1.165, 1.54) is 12.3 Å². The van der Waals surface area contributed by atoms with Crippen molar-refractivity contribution < 1.29 is 9.53 Å². The zero-order valence-electron chi connectivity index (χ0n) is 5.96. The molecule has 0 unspecified atom stereocenters. The molecule has 0 aromatic rings. The van der Waals surface area contributed by atoms with Gasteiger partial charge in [-0.3, -0.25) is 4.79 Å². The van der Waals surface area contributed by atoms with E-state index in [0.717, 1.165) is 0 Å². The molecule has 0 atom stereocenters. The van der Waals surface area contributed by atoms with Crippen LogP contribution in [0.1, 0.15) is 6.92 Å². The molecule has 0 radical (unpaired) electrons. The van der Waals surface area contributed by atoms with E-state index in [9.17, 15) is 4.79 Å². The topological polar surface area (TPSA) is 38.3 Å². The van der Waals surface area contributed by atoms with E-state index in [1.807, 2.05) is 6.92 Å². The first-order valence-electron chi connectivity index (χ1n) is 2.94. The van der Waals surface area contributed by atoms with Crippen LogP contribution in [0.2, 0.25) is 0 Å². The number of hydrogen-bond donors (Lipinski definition) is 1. The largest absolute Gasteiger partial charge is 0.481 e. The first-order chi connectivity index (χ1) is 4.81. The van der Waals surface area contributed by atoms with Crippen molar-refractivity contribution in [2.75, 3.05) is 6.73 Å². The van der Waals surface area contributed by atoms with Gasteiger partial charge in [-0.05, 0) is 13.0 Å². The summed E-state index contributed by atoms with van der Waals surface area (Å²) in [7, 11) is 0. The van der Waals surface area contributed by atoms with Gasteiger partial charge >= 0.3 is 0 Å². The van der Waals surface area contributed by atoms with Gasteiger partial charge in [-0.15, -0.1) is 0 Å². The number of rotatable bonds is 4. The Morgan fingerprint density at radius 1 is 1.80 bits per heavy atom. The average molecular weight is 141 g/mol. The van der Waals surface area contributed by atoms with Gasteiger partial charge in [-0.1, -0.05) is 12.7 Å². The summed E-state index contributed by atoms with van der Waals surface area (Å²) in [6, 6.07) is 0. The fourth-order valence-electron chi connectivity index (χ4n) is 0.329. The van der Waals surface area contributed by atoms with Crippen LogP contribution in [0.3, 0.4) is 0 Å². The summed E-state index contributed by atoms with van der Waals surface area (Å²) in [4.78, 5) is 10.4. The van der Waals surface area contributed by atoms with Crippen molar-refractivity contribution in [2.45, 2.75) is 6.92 Å². The van der Waals surface area contributed by atoms with Crippen molar-refractivity contribution >= 4 is 5.91 Å². The maximum absolute atomic E-state index is 10.4. The lowest BCUT2D eigenvalue weighted by Crippen LogP contribution is -2.22. The lowest BCUT2D eigenvalue weighted by atomic mass is 10.6. The summed E-state index contributed by atoms with van der Waals surface area (Å²) in [5, 5.41) is 2.44. The zero-order valence-corrected chi connectivity index (χ0v) is 5.96. The molecule has 1 N–H and O–H groups in total. The molecule has 0 aliphatic heterocycles. The zero-order chi connectivity index (χ0) is 7.82. The number of nitrogens with one attached hydrogen (secondary N) is 1. The molecule has 0 heterocycles. The first kappa shape index (κ1) is 8.75. The van der Waals surface area contributed by atoms with Crippen molar-refractivity contribution in [3.05, 3.63) is 25.0 Å². The predicted molar refractivity (Wildman–Crippen MR) is 39.1 cm³/mol. The number of carbonyl (C=O) groups is 1. The van der Waals surface area contributed by atoms with Crippen LogP contribution in [0.4, 0.5) is 0 Å². The van der Waals surface area contributed by atoms with Crippen LogP contribution in [0, 0.1) is 0 Å². The van der Waals surface area contributed by atoms with Crippen LogP contribution in [0.5, 0.6) is 0 Å². The molecule has 0 aromatic heterocycles. The summed E-state index contributed by atoms with van der Waals surface area (Å²) in [6.07, 6.45) is 4.43. The van der Waals surface area contributed by atoms with Crippen molar-refractivity contribution in [3.63, 3.8) is 0 Å². The molecule has 0 bridgehead atoms. The Hall–Kier alpha value is -1.25. The third kappa shape index (κ3) is 4.90. The first-order valence-corrected chi connectivity index (χ1v) is 2.94. The molecule has 1 amide bonds. The maximum atomic E-state index is 10.4. The molecule has 0 saturated carbocycles. The molecule has 0 fully saturated rings. The van der Waals surface area contributed by atoms with E-state index in [1.54, 1.807) is 6.08 Å². The van der Waals surface area contributed by atoms with E-state index in [-0.39, 0.29) is 12.6 Å². The van der Waals surface area contributed by atoms with E-state index in [0.29, 0.717) is 0 Å². The lowest BCUT2D eigenvalue weighted by Gasteiger charge is -1.99. The fraction of sp³-hybridized carbons (Fsp3) is 0.286. The van der Waals surface area contributed by atoms with Crippen molar-refractivity contribution in [1.82, 2.24) is 5.32 Å². The number of carbonyl (C=O) groups excluding carboxylic acids is 1. The van der Waals surface area contributed by atoms with Crippen LogP contribution in [-0.4, -0.2) is 12.6 Å². The molecule has 0 aliphatic rings. The van der Waals surface area contributed by atoms with Gasteiger partial charge in [0.2, 0.25) is 5.91 Å². The summed E-state index contributed by atoms with van der Waals surface area (Å²) < 4.78 is 4.80. The highest BCUT2D eigenvalue weighted by molar-refractivity contribution is 5.86. The summed E-state index contributed by atoms with van der Waals surface area (Å²) in [5.41, 5.74) is 0. The van der Waals surface area contributed by atoms with Gasteiger partial charge in [0.15, 0.2) is 6.73 Å². The monoisotopic (exact) mass is 141 g/mol. The van der Waals surface area contributed by atoms with Crippen LogP contribution < -0.4 is 5.32 Å². The minimum Gasteiger partial charge on any atom is -0.481 e. The highest BCUT2D eigenvalue weighted by Crippen LogP contribution is 1.73. The highest BCUT2D eigenvalue weighted by atomic mass is 16.5. The number of hydrogen-bond acceptors (Lipinski definition) is 2. The Balaban J connectivity index is 3.19. The second kappa shape index (κ2) is 5.88. The molecular weight excluding hydrogens is 130 g/mol. The second-order valence-electron chi connectivity index (χ2n) is 1.53. The molecule has 0 spiro atoms. The van der Waals surface area contributed by atoms with Gasteiger partial charge in [0, 0.05) is 0 Å². The Morgan fingerprint density at radius 3 is 3.00 bits per heavy atom. The van der Waals surface area contributed by atoms with E-state index in [2.05, 4.69) is 11.9 Å². The fourth-order valence-corrected chi connectivity index (χ4v) is 0.329. The van der Waals surface area contributed by atoms with Crippen LogP contribution >= 0.6 is 0 Å². The molecule has 0 aliphatic carbocycles. The van der Waals surface area contributed by atoms with E-state index < -0.39 is 0 Å². The lowest BCUT2D eigenvalue weighted by molar-refractivity contribution is -0.117. The molecule has 0 saturated heterocycles. The van der Waals surface area contributed by atoms with Crippen LogP contribution in [0.25, 0.3) is 0 Å². The molecular formula is C7H11NO2. The third-order valence-electron chi connectivity index (χ3n) is 0.747. The Morgan fingerprint density at radius 2 is 2.50 bits per heavy atom. The van der Waals surface area contributed by atoms with E-state index >= 15 is 0 Å². The van der Waals surface area contributed by atoms with Gasteiger partial charge in [0.05, 0.1) is 6.26 Å². The normalized spacial score (nSPS) is 9.30. The maximum Gasteiger partial charge on any atom is 0.245 e. The highest BCUT2D eigenvalue weighted by Gasteiger charge is 1.88. The van der Waals surface area contributed by atoms with E-state index in [4.69, 9.17) is 4.74 Å². The smallest absolute Gasteiger partial charge is 0.245 e. The quantitative estimate of drug-likeness (QED) is 0.272. The van der Waals surface area contributed by atoms with Gasteiger partial charge in [0.1, 0.15) is 0 Å². The van der Waals surface area contributed by atoms with Gasteiger partial charge in [-0.2, -0.15) is 0 Å². The molecule has 3 nitrogen and oxygen atoms in total. The van der Waals surface area contributed by atoms with Crippen molar-refractivity contribution in [2.24, 2.45) is 0 Å². The van der Waals surface area contributed by atoms with Gasteiger partial charge in [0.25, 0.3) is 0 Å². The number of allylic oxidation sites excluding steroid dienone is 1. The summed E-state index contributed by atoms with van der Waals surface area (Å²) >= 11 is 0. The van der Waals surface area contributed by atoms with Crippen LogP contribution in [0.15, 0.2) is 25.0 Å². The summed E-state index contributed by atoms with van der Waals surface area (Å²) in [5.74, 6) is -0.232. The Labute approximate surface area is 60.4 Å². The predicted octanol–water partition coefficient (Wildman–Crippen LogP) is 0.796. The van der Waals surface area contributed by atoms with Crippen molar-refractivity contribution in [1.29, 1.82) is 0 Å². The van der Waals surface area contributed by atoms with Crippen molar-refractivity contribution in [3.8, 4) is 0 Å². The Kier molecular flexibility index (Phi) is 5.14. The standard InChI is InChI=1S/C7H11NO2/c1-3-5-10-6-8-7(9)4-2/h3-5H,2,6H2,1H3,(H,8,9). The minimum atomic E-state index is -0.232. The summed E-state index contributed by atoms with van der Waals surface area (Å²) in [6.45, 7) is 5.29. The second-order valence-corrected chi connectivity index (χ2v) is 1.53. The molecule has 0 aromatic carbocycles. The third-order valence-corrected chi connectivity index (χ3v) is 0.747. The molecule has 56 valence electrons. The Bertz CT molecular complexity index is 141. The molecule has 10 heavy (non-hydrogen) atoms. The average Bonchev–Trinajstić information content (AvgIpc) is 1.98. The number of amides is 1. The van der Waals surface area contributed by atoms with Gasteiger partial charge in [-0.25, -0.2) is 0 Å². The molecule has 0 rings (SSSR count). The van der Waals surface area contributed by atoms with Gasteiger partial charge < -0.3 is 10.1 Å². The minimum absolute atomic E-state index is 0.190. The SMILES string of the molecule is C=CC(=O)NCOC=CC. The van der Waals surface area contributed by atoms with Crippen LogP contribution in [-0.2, 0) is 9.53 Å². The number of ether oxygens (including phenoxy) is 1. The molecule has 3 heteroatoms.